The summed E-state index contributed by atoms with van der Waals surface area (Å²) >= 11 is 0. The first-order chi connectivity index (χ1) is 12.9. The van der Waals surface area contributed by atoms with Crippen LogP contribution in [-0.4, -0.2) is 39.2 Å². The topological polar surface area (TPSA) is 94.1 Å². The van der Waals surface area contributed by atoms with Crippen molar-refractivity contribution in [2.24, 2.45) is 7.05 Å². The van der Waals surface area contributed by atoms with Crippen molar-refractivity contribution in [1.82, 2.24) is 24.2 Å². The van der Waals surface area contributed by atoms with Crippen molar-refractivity contribution in [2.45, 2.75) is 38.1 Å². The van der Waals surface area contributed by atoms with E-state index in [0.29, 0.717) is 35.3 Å². The Morgan fingerprint density at radius 3 is 2.59 bits per heavy atom. The molecular weight excluding hydrogens is 366 g/mol. The van der Waals surface area contributed by atoms with Crippen LogP contribution in [0.25, 0.3) is 11.6 Å². The fraction of sp³-hybridized carbons (Fsp3) is 0.389. The van der Waals surface area contributed by atoms with E-state index in [1.54, 1.807) is 23.7 Å². The lowest BCUT2D eigenvalue weighted by Crippen LogP contribution is -2.36. The molecule has 8 nitrogen and oxygen atoms in total. The molecule has 0 saturated carbocycles. The molecule has 1 aliphatic heterocycles. The fourth-order valence-electron chi connectivity index (χ4n) is 3.38. The number of aromatic nitrogens is 4. The molecule has 0 N–H and O–H groups in total. The standard InChI is InChI=1S/C18H21N5O3S/c1-4-13-5-7-14(8-6-13)27(24,25)23-10-9-16-15(11-23)17(20-22(16)3)18-19-12(2)21-26-18/h5-8H,4,9-11H2,1-3H3. The highest BCUT2D eigenvalue weighted by molar-refractivity contribution is 7.89. The Morgan fingerprint density at radius 1 is 1.22 bits per heavy atom. The zero-order valence-electron chi connectivity index (χ0n) is 15.5. The van der Waals surface area contributed by atoms with Crippen LogP contribution < -0.4 is 0 Å². The third-order valence-electron chi connectivity index (χ3n) is 4.91. The second kappa shape index (κ2) is 6.58. The van der Waals surface area contributed by atoms with Gasteiger partial charge >= 0.3 is 0 Å². The number of sulfonamides is 1. The van der Waals surface area contributed by atoms with E-state index in [2.05, 4.69) is 15.2 Å². The Bertz CT molecular complexity index is 1080. The van der Waals surface area contributed by atoms with E-state index in [-0.39, 0.29) is 6.54 Å². The average Bonchev–Trinajstić information content (AvgIpc) is 3.25. The molecule has 0 aliphatic carbocycles. The highest BCUT2D eigenvalue weighted by Gasteiger charge is 2.33. The molecule has 2 aromatic heterocycles. The Hall–Kier alpha value is -2.52. The molecule has 0 bridgehead atoms. The molecule has 3 heterocycles. The second-order valence-electron chi connectivity index (χ2n) is 6.63. The average molecular weight is 387 g/mol. The molecule has 0 atom stereocenters. The summed E-state index contributed by atoms with van der Waals surface area (Å²) in [5.74, 6) is 0.830. The lowest BCUT2D eigenvalue weighted by molar-refractivity contribution is 0.385. The van der Waals surface area contributed by atoms with Gasteiger partial charge in [-0.1, -0.05) is 24.2 Å². The SMILES string of the molecule is CCc1ccc(S(=O)(=O)N2CCc3c(c(-c4nc(C)no4)nn3C)C2)cc1. The normalized spacial score (nSPS) is 15.1. The van der Waals surface area contributed by atoms with E-state index < -0.39 is 10.0 Å². The van der Waals surface area contributed by atoms with Crippen molar-refractivity contribution < 1.29 is 12.9 Å². The predicted molar refractivity (Wildman–Crippen MR) is 98.4 cm³/mol. The van der Waals surface area contributed by atoms with Gasteiger partial charge in [-0.15, -0.1) is 0 Å². The monoisotopic (exact) mass is 387 g/mol. The third kappa shape index (κ3) is 3.06. The number of aryl methyl sites for hydroxylation is 3. The summed E-state index contributed by atoms with van der Waals surface area (Å²) in [6.45, 7) is 4.42. The van der Waals surface area contributed by atoms with Crippen LogP contribution in [0.5, 0.6) is 0 Å². The van der Waals surface area contributed by atoms with E-state index in [9.17, 15) is 8.42 Å². The van der Waals surface area contributed by atoms with E-state index in [0.717, 1.165) is 23.2 Å². The maximum absolute atomic E-state index is 13.1. The minimum atomic E-state index is -3.58. The van der Waals surface area contributed by atoms with E-state index in [1.807, 2.05) is 26.1 Å². The summed E-state index contributed by atoms with van der Waals surface area (Å²) in [5.41, 5.74) is 3.47. The lowest BCUT2D eigenvalue weighted by Gasteiger charge is -2.26. The maximum atomic E-state index is 13.1. The van der Waals surface area contributed by atoms with Gasteiger partial charge in [-0.25, -0.2) is 8.42 Å². The van der Waals surface area contributed by atoms with Crippen LogP contribution in [0.15, 0.2) is 33.7 Å². The van der Waals surface area contributed by atoms with Gasteiger partial charge in [-0.2, -0.15) is 14.4 Å². The second-order valence-corrected chi connectivity index (χ2v) is 8.57. The van der Waals surface area contributed by atoms with Crippen molar-refractivity contribution in [2.75, 3.05) is 6.54 Å². The molecule has 0 spiro atoms. The van der Waals surface area contributed by atoms with Crippen molar-refractivity contribution >= 4 is 10.0 Å². The van der Waals surface area contributed by atoms with E-state index >= 15 is 0 Å². The Kier molecular flexibility index (Phi) is 4.35. The van der Waals surface area contributed by atoms with E-state index in [1.165, 1.54) is 4.31 Å². The number of rotatable bonds is 4. The molecule has 0 fully saturated rings. The fourth-order valence-corrected chi connectivity index (χ4v) is 4.79. The van der Waals surface area contributed by atoms with Gasteiger partial charge in [0, 0.05) is 37.8 Å². The van der Waals surface area contributed by atoms with Gasteiger partial charge in [0.25, 0.3) is 5.89 Å². The summed E-state index contributed by atoms with van der Waals surface area (Å²) < 4.78 is 34.7. The van der Waals surface area contributed by atoms with Crippen LogP contribution in [0.3, 0.4) is 0 Å². The Morgan fingerprint density at radius 2 is 1.96 bits per heavy atom. The van der Waals surface area contributed by atoms with Crippen molar-refractivity contribution in [3.05, 3.63) is 46.9 Å². The zero-order chi connectivity index (χ0) is 19.2. The minimum absolute atomic E-state index is 0.234. The highest BCUT2D eigenvalue weighted by Crippen LogP contribution is 2.31. The highest BCUT2D eigenvalue weighted by atomic mass is 32.2. The van der Waals surface area contributed by atoms with Crippen LogP contribution in [0.2, 0.25) is 0 Å². The molecule has 142 valence electrons. The van der Waals surface area contributed by atoms with Crippen molar-refractivity contribution in [1.29, 1.82) is 0 Å². The minimum Gasteiger partial charge on any atom is -0.332 e. The van der Waals surface area contributed by atoms with Crippen LogP contribution in [0.1, 0.15) is 29.6 Å². The van der Waals surface area contributed by atoms with Gasteiger partial charge in [-0.3, -0.25) is 4.68 Å². The summed E-state index contributed by atoms with van der Waals surface area (Å²) in [4.78, 5) is 4.55. The molecule has 27 heavy (non-hydrogen) atoms. The Balaban J connectivity index is 1.69. The molecular formula is C18H21N5O3S. The number of hydrogen-bond acceptors (Lipinski definition) is 6. The summed E-state index contributed by atoms with van der Waals surface area (Å²) in [6, 6.07) is 7.07. The van der Waals surface area contributed by atoms with Gasteiger partial charge in [0.15, 0.2) is 11.5 Å². The van der Waals surface area contributed by atoms with Crippen LogP contribution in [0.4, 0.5) is 0 Å². The zero-order valence-corrected chi connectivity index (χ0v) is 16.3. The van der Waals surface area contributed by atoms with Crippen LogP contribution >= 0.6 is 0 Å². The third-order valence-corrected chi connectivity index (χ3v) is 6.77. The molecule has 9 heteroatoms. The first-order valence-corrected chi connectivity index (χ1v) is 10.3. The molecule has 0 radical (unpaired) electrons. The van der Waals surface area contributed by atoms with E-state index in [4.69, 9.17) is 4.52 Å². The Labute approximate surface area is 157 Å². The van der Waals surface area contributed by atoms with Gasteiger partial charge in [0.2, 0.25) is 10.0 Å². The molecule has 4 rings (SSSR count). The molecule has 0 saturated heterocycles. The summed E-state index contributed by atoms with van der Waals surface area (Å²) in [7, 11) is -1.74. The number of hydrogen-bond donors (Lipinski definition) is 0. The predicted octanol–water partition coefficient (Wildman–Crippen LogP) is 2.09. The van der Waals surface area contributed by atoms with Crippen molar-refractivity contribution in [3.8, 4) is 11.6 Å². The molecule has 3 aromatic rings. The van der Waals surface area contributed by atoms with Crippen LogP contribution in [0, 0.1) is 6.92 Å². The quantitative estimate of drug-likeness (QED) is 0.680. The smallest absolute Gasteiger partial charge is 0.278 e. The summed E-state index contributed by atoms with van der Waals surface area (Å²) in [5, 5.41) is 8.30. The molecule has 0 unspecified atom stereocenters. The van der Waals surface area contributed by atoms with Crippen molar-refractivity contribution in [3.63, 3.8) is 0 Å². The number of benzene rings is 1. The first-order valence-electron chi connectivity index (χ1n) is 8.84. The lowest BCUT2D eigenvalue weighted by atomic mass is 10.1. The largest absolute Gasteiger partial charge is 0.332 e. The van der Waals surface area contributed by atoms with Gasteiger partial charge in [0.1, 0.15) is 0 Å². The molecule has 0 amide bonds. The first kappa shape index (κ1) is 17.9. The van der Waals surface area contributed by atoms with Gasteiger partial charge < -0.3 is 4.52 Å². The number of nitrogens with zero attached hydrogens (tertiary/aromatic N) is 5. The summed E-state index contributed by atoms with van der Waals surface area (Å²) in [6.07, 6.45) is 1.45. The maximum Gasteiger partial charge on any atom is 0.278 e. The molecule has 1 aliphatic rings. The van der Waals surface area contributed by atoms with Crippen LogP contribution in [-0.2, 0) is 36.5 Å². The van der Waals surface area contributed by atoms with Gasteiger partial charge in [-0.05, 0) is 31.0 Å². The molecule has 1 aromatic carbocycles. The number of fused-ring (bicyclic) bond motifs is 1. The van der Waals surface area contributed by atoms with Gasteiger partial charge in [0.05, 0.1) is 4.90 Å².